The van der Waals surface area contributed by atoms with Crippen molar-refractivity contribution in [1.29, 1.82) is 0 Å². The second-order valence-corrected chi connectivity index (χ2v) is 8.60. The molecule has 2 aliphatic rings. The minimum absolute atomic E-state index is 0.0278. The Bertz CT molecular complexity index is 982. The first-order valence-corrected chi connectivity index (χ1v) is 11.1. The van der Waals surface area contributed by atoms with Crippen LogP contribution in [0.4, 0.5) is 5.69 Å². The summed E-state index contributed by atoms with van der Waals surface area (Å²) in [6, 6.07) is 19.4. The summed E-state index contributed by atoms with van der Waals surface area (Å²) in [5.41, 5.74) is 1.18. The van der Waals surface area contributed by atoms with Crippen molar-refractivity contribution < 1.29 is 14.4 Å². The third-order valence-electron chi connectivity index (χ3n) is 6.69. The van der Waals surface area contributed by atoms with Crippen LogP contribution in [0.5, 0.6) is 0 Å². The predicted molar refractivity (Wildman–Crippen MR) is 124 cm³/mol. The molecule has 1 N–H and O–H groups in total. The fourth-order valence-corrected chi connectivity index (χ4v) is 4.82. The third-order valence-corrected chi connectivity index (χ3v) is 6.69. The van der Waals surface area contributed by atoms with Crippen molar-refractivity contribution in [2.75, 3.05) is 31.1 Å². The number of para-hydroxylation sites is 1. The molecular formula is C26H29N3O3. The summed E-state index contributed by atoms with van der Waals surface area (Å²) in [5.74, 6) is 0.0314. The number of carbonyl (C=O) groups excluding carboxylic acids is 3. The van der Waals surface area contributed by atoms with Crippen molar-refractivity contribution in [2.24, 2.45) is 5.92 Å². The largest absolute Gasteiger partial charge is 0.355 e. The standard InChI is InChI=1S/C26H29N3O3/c1-2-23(30)28-15-13-26(14-16-28,21-9-5-3-6-10-21)25(32)27-18-20-17-24(31)29(19-20)22-11-7-4-8-12-22/h2-12,20H,1,13-19H2,(H,27,32). The van der Waals surface area contributed by atoms with Gasteiger partial charge in [0.1, 0.15) is 0 Å². The predicted octanol–water partition coefficient (Wildman–Crippen LogP) is 2.90. The van der Waals surface area contributed by atoms with Crippen LogP contribution in [-0.4, -0.2) is 48.8 Å². The van der Waals surface area contributed by atoms with E-state index in [9.17, 15) is 14.4 Å². The second kappa shape index (κ2) is 9.39. The Hall–Kier alpha value is -3.41. The zero-order valence-electron chi connectivity index (χ0n) is 18.2. The van der Waals surface area contributed by atoms with E-state index >= 15 is 0 Å². The van der Waals surface area contributed by atoms with Crippen LogP contribution in [0, 0.1) is 5.92 Å². The summed E-state index contributed by atoms with van der Waals surface area (Å²) in [7, 11) is 0. The Morgan fingerprint density at radius 3 is 2.28 bits per heavy atom. The smallest absolute Gasteiger partial charge is 0.245 e. The number of hydrogen-bond acceptors (Lipinski definition) is 3. The molecule has 4 rings (SSSR count). The number of hydrogen-bond donors (Lipinski definition) is 1. The molecule has 0 radical (unpaired) electrons. The van der Waals surface area contributed by atoms with Crippen LogP contribution >= 0.6 is 0 Å². The quantitative estimate of drug-likeness (QED) is 0.715. The topological polar surface area (TPSA) is 69.7 Å². The molecule has 6 nitrogen and oxygen atoms in total. The number of amides is 3. The first-order valence-electron chi connectivity index (χ1n) is 11.1. The van der Waals surface area contributed by atoms with E-state index in [0.717, 1.165) is 11.3 Å². The number of rotatable bonds is 6. The molecule has 1 atom stereocenters. The molecule has 0 saturated carbocycles. The Balaban J connectivity index is 1.44. The summed E-state index contributed by atoms with van der Waals surface area (Å²) in [6.45, 7) is 5.65. The Labute approximate surface area is 188 Å². The summed E-state index contributed by atoms with van der Waals surface area (Å²) in [6.07, 6.45) is 2.87. The molecule has 2 heterocycles. The molecule has 1 unspecified atom stereocenters. The molecule has 32 heavy (non-hydrogen) atoms. The maximum Gasteiger partial charge on any atom is 0.245 e. The van der Waals surface area contributed by atoms with E-state index in [1.165, 1.54) is 6.08 Å². The van der Waals surface area contributed by atoms with Gasteiger partial charge in [-0.1, -0.05) is 55.1 Å². The SMILES string of the molecule is C=CC(=O)N1CCC(C(=O)NCC2CC(=O)N(c3ccccc3)C2)(c2ccccc2)CC1. The lowest BCUT2D eigenvalue weighted by atomic mass is 9.72. The summed E-state index contributed by atoms with van der Waals surface area (Å²) < 4.78 is 0. The van der Waals surface area contributed by atoms with E-state index in [2.05, 4.69) is 11.9 Å². The minimum Gasteiger partial charge on any atom is -0.355 e. The molecule has 0 spiro atoms. The maximum absolute atomic E-state index is 13.5. The molecular weight excluding hydrogens is 402 g/mol. The molecule has 0 aromatic heterocycles. The van der Waals surface area contributed by atoms with E-state index in [1.807, 2.05) is 60.7 Å². The van der Waals surface area contributed by atoms with Crippen molar-refractivity contribution in [3.63, 3.8) is 0 Å². The minimum atomic E-state index is -0.680. The molecule has 0 aliphatic carbocycles. The molecule has 2 fully saturated rings. The van der Waals surface area contributed by atoms with Crippen molar-refractivity contribution in [3.8, 4) is 0 Å². The molecule has 2 aliphatic heterocycles. The van der Waals surface area contributed by atoms with Gasteiger partial charge in [-0.25, -0.2) is 0 Å². The van der Waals surface area contributed by atoms with E-state index in [1.54, 1.807) is 9.80 Å². The molecule has 166 valence electrons. The van der Waals surface area contributed by atoms with Gasteiger partial charge in [0, 0.05) is 44.2 Å². The van der Waals surface area contributed by atoms with Gasteiger partial charge in [0.15, 0.2) is 0 Å². The van der Waals surface area contributed by atoms with Gasteiger partial charge in [0.25, 0.3) is 0 Å². The highest BCUT2D eigenvalue weighted by molar-refractivity contribution is 5.96. The van der Waals surface area contributed by atoms with Crippen LogP contribution in [-0.2, 0) is 19.8 Å². The monoisotopic (exact) mass is 431 g/mol. The second-order valence-electron chi connectivity index (χ2n) is 8.60. The third kappa shape index (κ3) is 4.31. The fraction of sp³-hybridized carbons (Fsp3) is 0.346. The van der Waals surface area contributed by atoms with Crippen molar-refractivity contribution in [3.05, 3.63) is 78.9 Å². The van der Waals surface area contributed by atoms with Crippen LogP contribution in [0.25, 0.3) is 0 Å². The van der Waals surface area contributed by atoms with Crippen LogP contribution < -0.4 is 10.2 Å². The highest BCUT2D eigenvalue weighted by Gasteiger charge is 2.43. The zero-order chi connectivity index (χ0) is 22.6. The van der Waals surface area contributed by atoms with Crippen molar-refractivity contribution in [1.82, 2.24) is 10.2 Å². The van der Waals surface area contributed by atoms with Crippen LogP contribution in [0.1, 0.15) is 24.8 Å². The van der Waals surface area contributed by atoms with Gasteiger partial charge in [-0.15, -0.1) is 0 Å². The molecule has 0 bridgehead atoms. The number of piperidine rings is 1. The Kier molecular flexibility index (Phi) is 6.40. The number of nitrogens with one attached hydrogen (secondary N) is 1. The van der Waals surface area contributed by atoms with Gasteiger partial charge in [-0.05, 0) is 36.6 Å². The number of nitrogens with zero attached hydrogens (tertiary/aromatic N) is 2. The van der Waals surface area contributed by atoms with E-state index in [4.69, 9.17) is 0 Å². The van der Waals surface area contributed by atoms with Gasteiger partial charge < -0.3 is 15.1 Å². The lowest BCUT2D eigenvalue weighted by Crippen LogP contribution is -2.53. The highest BCUT2D eigenvalue weighted by Crippen LogP contribution is 2.36. The summed E-state index contributed by atoms with van der Waals surface area (Å²) in [5, 5.41) is 3.14. The Morgan fingerprint density at radius 2 is 1.66 bits per heavy atom. The van der Waals surface area contributed by atoms with Crippen LogP contribution in [0.3, 0.4) is 0 Å². The lowest BCUT2D eigenvalue weighted by molar-refractivity contribution is -0.134. The van der Waals surface area contributed by atoms with E-state index < -0.39 is 5.41 Å². The molecule has 6 heteroatoms. The average molecular weight is 432 g/mol. The summed E-state index contributed by atoms with van der Waals surface area (Å²) in [4.78, 5) is 41.6. The van der Waals surface area contributed by atoms with E-state index in [0.29, 0.717) is 45.4 Å². The van der Waals surface area contributed by atoms with Crippen molar-refractivity contribution in [2.45, 2.75) is 24.7 Å². The normalized spacial score (nSPS) is 20.1. The van der Waals surface area contributed by atoms with Gasteiger partial charge in [-0.2, -0.15) is 0 Å². The average Bonchev–Trinajstić information content (AvgIpc) is 3.23. The van der Waals surface area contributed by atoms with E-state index in [-0.39, 0.29) is 23.6 Å². The van der Waals surface area contributed by atoms with Gasteiger partial charge in [0.2, 0.25) is 17.7 Å². The first-order chi connectivity index (χ1) is 15.5. The number of benzene rings is 2. The highest BCUT2D eigenvalue weighted by atomic mass is 16.2. The molecule has 3 amide bonds. The summed E-state index contributed by atoms with van der Waals surface area (Å²) >= 11 is 0. The van der Waals surface area contributed by atoms with Gasteiger partial charge in [-0.3, -0.25) is 14.4 Å². The van der Waals surface area contributed by atoms with Crippen LogP contribution in [0.2, 0.25) is 0 Å². The molecule has 2 aromatic carbocycles. The van der Waals surface area contributed by atoms with Gasteiger partial charge >= 0.3 is 0 Å². The fourth-order valence-electron chi connectivity index (χ4n) is 4.82. The number of carbonyl (C=O) groups is 3. The molecule has 2 aromatic rings. The van der Waals surface area contributed by atoms with Crippen molar-refractivity contribution >= 4 is 23.4 Å². The van der Waals surface area contributed by atoms with Crippen LogP contribution in [0.15, 0.2) is 73.3 Å². The maximum atomic E-state index is 13.5. The number of likely N-dealkylation sites (tertiary alicyclic amines) is 1. The Morgan fingerprint density at radius 1 is 1.03 bits per heavy atom. The first kappa shape index (κ1) is 21.8. The van der Waals surface area contributed by atoms with Gasteiger partial charge in [0.05, 0.1) is 5.41 Å². The zero-order valence-corrected chi connectivity index (χ0v) is 18.2. The molecule has 2 saturated heterocycles. The lowest BCUT2D eigenvalue weighted by Gasteiger charge is -2.41. The number of anilines is 1.